The maximum absolute atomic E-state index is 4.45. The average Bonchev–Trinajstić information content (AvgIpc) is 3.28. The van der Waals surface area contributed by atoms with Crippen LogP contribution in [0.3, 0.4) is 0 Å². The number of aryl methyl sites for hydroxylation is 1. The second-order valence-corrected chi connectivity index (χ2v) is 6.93. The minimum absolute atomic E-state index is 0.644. The van der Waals surface area contributed by atoms with Crippen molar-refractivity contribution in [2.24, 2.45) is 4.99 Å². The third-order valence-corrected chi connectivity index (χ3v) is 5.21. The second kappa shape index (κ2) is 8.98. The molecule has 0 aliphatic carbocycles. The van der Waals surface area contributed by atoms with Crippen molar-refractivity contribution in [2.45, 2.75) is 38.6 Å². The van der Waals surface area contributed by atoms with Crippen LogP contribution >= 0.6 is 0 Å². The molecule has 2 aromatic rings. The summed E-state index contributed by atoms with van der Waals surface area (Å²) >= 11 is 0. The Morgan fingerprint density at radius 1 is 1.38 bits per heavy atom. The third kappa shape index (κ3) is 4.33. The number of aromatic nitrogens is 3. The summed E-state index contributed by atoms with van der Waals surface area (Å²) < 4.78 is 2.06. The fourth-order valence-corrected chi connectivity index (χ4v) is 3.81. The summed E-state index contributed by atoms with van der Waals surface area (Å²) in [6.07, 6.45) is 6.50. The van der Waals surface area contributed by atoms with Gasteiger partial charge in [0.1, 0.15) is 5.82 Å². The van der Waals surface area contributed by atoms with Gasteiger partial charge in [0.05, 0.1) is 0 Å². The highest BCUT2D eigenvalue weighted by Crippen LogP contribution is 2.17. The Labute approximate surface area is 156 Å². The molecule has 0 saturated carbocycles. The summed E-state index contributed by atoms with van der Waals surface area (Å²) in [5.74, 6) is 1.98. The maximum Gasteiger partial charge on any atom is 0.193 e. The molecule has 2 aromatic heterocycles. The Bertz CT molecular complexity index is 724. The van der Waals surface area contributed by atoms with Crippen molar-refractivity contribution < 1.29 is 0 Å². The van der Waals surface area contributed by atoms with Crippen molar-refractivity contribution >= 4 is 11.6 Å². The molecule has 0 radical (unpaired) electrons. The average molecular weight is 358 g/mol. The molecule has 26 heavy (non-hydrogen) atoms. The SMILES string of the molecule is CCN1CCCC1CN(C)C(=NC)NCCCc1nnc2ccccn12. The van der Waals surface area contributed by atoms with Crippen molar-refractivity contribution in [1.29, 1.82) is 0 Å². The molecular weight excluding hydrogens is 326 g/mol. The lowest BCUT2D eigenvalue weighted by Gasteiger charge is -2.29. The van der Waals surface area contributed by atoms with Crippen LogP contribution in [0, 0.1) is 0 Å². The number of guanidine groups is 1. The van der Waals surface area contributed by atoms with E-state index in [0.717, 1.165) is 49.9 Å². The van der Waals surface area contributed by atoms with E-state index in [-0.39, 0.29) is 0 Å². The van der Waals surface area contributed by atoms with Crippen LogP contribution < -0.4 is 5.32 Å². The molecular formula is C19H31N7. The van der Waals surface area contributed by atoms with Crippen molar-refractivity contribution in [2.75, 3.05) is 40.3 Å². The van der Waals surface area contributed by atoms with E-state index in [4.69, 9.17) is 0 Å². The molecule has 1 N–H and O–H groups in total. The van der Waals surface area contributed by atoms with Gasteiger partial charge in [0.15, 0.2) is 11.6 Å². The van der Waals surface area contributed by atoms with Crippen LogP contribution in [0.2, 0.25) is 0 Å². The van der Waals surface area contributed by atoms with Gasteiger partial charge in [-0.1, -0.05) is 13.0 Å². The number of fused-ring (bicyclic) bond motifs is 1. The van der Waals surface area contributed by atoms with Gasteiger partial charge < -0.3 is 10.2 Å². The van der Waals surface area contributed by atoms with Gasteiger partial charge in [-0.25, -0.2) is 0 Å². The molecule has 7 heteroatoms. The third-order valence-electron chi connectivity index (χ3n) is 5.21. The van der Waals surface area contributed by atoms with Gasteiger partial charge in [-0.05, 0) is 44.5 Å². The Morgan fingerprint density at radius 2 is 2.27 bits per heavy atom. The molecule has 0 amide bonds. The number of pyridine rings is 1. The number of hydrogen-bond acceptors (Lipinski definition) is 4. The van der Waals surface area contributed by atoms with Gasteiger partial charge in [-0.2, -0.15) is 0 Å². The lowest BCUT2D eigenvalue weighted by molar-refractivity contribution is 0.232. The molecule has 1 unspecified atom stereocenters. The van der Waals surface area contributed by atoms with E-state index < -0.39 is 0 Å². The molecule has 1 saturated heterocycles. The first-order valence-electron chi connectivity index (χ1n) is 9.67. The van der Waals surface area contributed by atoms with E-state index in [1.165, 1.54) is 19.4 Å². The smallest absolute Gasteiger partial charge is 0.193 e. The summed E-state index contributed by atoms with van der Waals surface area (Å²) in [4.78, 5) is 9.27. The zero-order valence-electron chi connectivity index (χ0n) is 16.2. The molecule has 142 valence electrons. The topological polar surface area (TPSA) is 61.1 Å². The normalized spacial score (nSPS) is 18.6. The minimum Gasteiger partial charge on any atom is -0.356 e. The number of hydrogen-bond donors (Lipinski definition) is 1. The van der Waals surface area contributed by atoms with Crippen LogP contribution in [0.5, 0.6) is 0 Å². The van der Waals surface area contributed by atoms with E-state index in [9.17, 15) is 0 Å². The number of nitrogens with one attached hydrogen (secondary N) is 1. The highest BCUT2D eigenvalue weighted by molar-refractivity contribution is 5.79. The highest BCUT2D eigenvalue weighted by atomic mass is 15.3. The first kappa shape index (κ1) is 18.6. The van der Waals surface area contributed by atoms with Crippen LogP contribution in [0.1, 0.15) is 32.0 Å². The predicted octanol–water partition coefficient (Wildman–Crippen LogP) is 1.65. The van der Waals surface area contributed by atoms with Crippen molar-refractivity contribution in [1.82, 2.24) is 29.7 Å². The lowest BCUT2D eigenvalue weighted by Crippen LogP contribution is -2.46. The lowest BCUT2D eigenvalue weighted by atomic mass is 10.2. The Hall–Kier alpha value is -2.15. The summed E-state index contributed by atoms with van der Waals surface area (Å²) in [6.45, 7) is 6.52. The number of nitrogens with zero attached hydrogens (tertiary/aromatic N) is 6. The van der Waals surface area contributed by atoms with Gasteiger partial charge in [-0.3, -0.25) is 14.3 Å². The van der Waals surface area contributed by atoms with Crippen LogP contribution in [0.4, 0.5) is 0 Å². The van der Waals surface area contributed by atoms with E-state index in [0.29, 0.717) is 6.04 Å². The van der Waals surface area contributed by atoms with Crippen molar-refractivity contribution in [3.8, 4) is 0 Å². The van der Waals surface area contributed by atoms with E-state index in [2.05, 4.69) is 48.7 Å². The number of likely N-dealkylation sites (tertiary alicyclic amines) is 1. The van der Waals surface area contributed by atoms with Crippen LogP contribution in [0.15, 0.2) is 29.4 Å². The molecule has 7 nitrogen and oxygen atoms in total. The van der Waals surface area contributed by atoms with Crippen molar-refractivity contribution in [3.63, 3.8) is 0 Å². The molecule has 3 heterocycles. The zero-order chi connectivity index (χ0) is 18.4. The van der Waals surface area contributed by atoms with E-state index in [1.54, 1.807) is 0 Å². The zero-order valence-corrected chi connectivity index (χ0v) is 16.2. The Balaban J connectivity index is 1.45. The molecule has 1 fully saturated rings. The van der Waals surface area contributed by atoms with E-state index in [1.807, 2.05) is 31.4 Å². The predicted molar refractivity (Wildman–Crippen MR) is 106 cm³/mol. The molecule has 1 aliphatic rings. The molecule has 1 aliphatic heterocycles. The second-order valence-electron chi connectivity index (χ2n) is 6.93. The van der Waals surface area contributed by atoms with Crippen molar-refractivity contribution in [3.05, 3.63) is 30.2 Å². The van der Waals surface area contributed by atoms with Gasteiger partial charge in [0.25, 0.3) is 0 Å². The number of likely N-dealkylation sites (N-methyl/N-ethyl adjacent to an activating group) is 2. The largest absolute Gasteiger partial charge is 0.356 e. The summed E-state index contributed by atoms with van der Waals surface area (Å²) in [7, 11) is 3.99. The molecule has 3 rings (SSSR count). The standard InChI is InChI=1S/C19H31N7/c1-4-25-13-8-9-16(25)15-24(3)19(20-2)21-12-7-11-18-23-22-17-10-5-6-14-26(17)18/h5-6,10,14,16H,4,7-9,11-13,15H2,1-3H3,(H,20,21). The van der Waals surface area contributed by atoms with Gasteiger partial charge >= 0.3 is 0 Å². The van der Waals surface area contributed by atoms with E-state index >= 15 is 0 Å². The Morgan fingerprint density at radius 3 is 3.08 bits per heavy atom. The number of rotatable bonds is 7. The highest BCUT2D eigenvalue weighted by Gasteiger charge is 2.24. The maximum atomic E-state index is 4.45. The summed E-state index contributed by atoms with van der Waals surface area (Å²) in [5.41, 5.74) is 0.906. The molecule has 1 atom stereocenters. The summed E-state index contributed by atoms with van der Waals surface area (Å²) in [5, 5.41) is 12.0. The first-order chi connectivity index (χ1) is 12.7. The minimum atomic E-state index is 0.644. The summed E-state index contributed by atoms with van der Waals surface area (Å²) in [6, 6.07) is 6.62. The van der Waals surface area contributed by atoms with Gasteiger partial charge in [0.2, 0.25) is 0 Å². The Kier molecular flexibility index (Phi) is 6.44. The molecule has 0 aromatic carbocycles. The monoisotopic (exact) mass is 357 g/mol. The van der Waals surface area contributed by atoms with Gasteiger partial charge in [0, 0.05) is 45.8 Å². The van der Waals surface area contributed by atoms with Crippen LogP contribution in [0.25, 0.3) is 5.65 Å². The number of aliphatic imine (C=N–C) groups is 1. The molecule has 0 bridgehead atoms. The first-order valence-corrected chi connectivity index (χ1v) is 9.67. The fourth-order valence-electron chi connectivity index (χ4n) is 3.81. The fraction of sp³-hybridized carbons (Fsp3) is 0.632. The quantitative estimate of drug-likeness (QED) is 0.464. The van der Waals surface area contributed by atoms with Gasteiger partial charge in [-0.15, -0.1) is 10.2 Å². The molecule has 0 spiro atoms. The van der Waals surface area contributed by atoms with Crippen LogP contribution in [-0.4, -0.2) is 76.7 Å². The van der Waals surface area contributed by atoms with Crippen LogP contribution in [-0.2, 0) is 6.42 Å².